The summed E-state index contributed by atoms with van der Waals surface area (Å²) in [5.74, 6) is -1.01. The third-order valence-corrected chi connectivity index (χ3v) is 4.31. The molecule has 0 spiro atoms. The van der Waals surface area contributed by atoms with E-state index in [1.54, 1.807) is 29.2 Å². The zero-order valence-corrected chi connectivity index (χ0v) is 14.8. The summed E-state index contributed by atoms with van der Waals surface area (Å²) in [6.07, 6.45) is 0.0887. The van der Waals surface area contributed by atoms with Crippen LogP contribution in [-0.2, 0) is 14.3 Å². The first-order chi connectivity index (χ1) is 12.5. The molecule has 1 aromatic heterocycles. The van der Waals surface area contributed by atoms with Crippen LogP contribution in [0.2, 0.25) is 5.02 Å². The maximum atomic E-state index is 12.1. The summed E-state index contributed by atoms with van der Waals surface area (Å²) < 4.78 is 5.18. The van der Waals surface area contributed by atoms with Crippen molar-refractivity contribution in [3.63, 3.8) is 0 Å². The number of hydrogen-bond donors (Lipinski definition) is 3. The Bertz CT molecular complexity index is 829. The van der Waals surface area contributed by atoms with Crippen LogP contribution >= 0.6 is 11.6 Å². The van der Waals surface area contributed by atoms with E-state index < -0.39 is 11.8 Å². The molecule has 2 heterocycles. The Labute approximate surface area is 154 Å². The molecule has 3 rings (SSSR count). The molecule has 1 saturated heterocycles. The van der Waals surface area contributed by atoms with Crippen molar-refractivity contribution in [2.24, 2.45) is 0 Å². The maximum Gasteiger partial charge on any atom is 0.286 e. The Hall–Kier alpha value is -2.58. The number of amides is 3. The van der Waals surface area contributed by atoms with Crippen molar-refractivity contribution in [2.45, 2.75) is 12.8 Å². The highest BCUT2D eigenvalue weighted by molar-refractivity contribution is 6.31. The summed E-state index contributed by atoms with van der Waals surface area (Å²) in [6, 6.07) is 6.87. The normalized spacial score (nSPS) is 14.3. The number of carbonyl (C=O) groups excluding carboxylic acids is 3. The molecule has 3 N–H and O–H groups in total. The van der Waals surface area contributed by atoms with Crippen LogP contribution in [0.5, 0.6) is 0 Å². The summed E-state index contributed by atoms with van der Waals surface area (Å²) in [6.45, 7) is 2.12. The number of carbonyl (C=O) groups is 3. The van der Waals surface area contributed by atoms with E-state index >= 15 is 0 Å². The molecule has 2 aromatic rings. The first kappa shape index (κ1) is 18.2. The minimum atomic E-state index is -0.481. The quantitative estimate of drug-likeness (QED) is 0.696. The van der Waals surface area contributed by atoms with Crippen molar-refractivity contribution < 1.29 is 19.1 Å². The van der Waals surface area contributed by atoms with E-state index in [0.29, 0.717) is 37.0 Å². The SMILES string of the molecule is O=C(CCC(=O)N1CCOCC1)NNC(=O)c1cc2cc(Cl)ccc2[nH]1. The van der Waals surface area contributed by atoms with E-state index in [1.165, 1.54) is 0 Å². The molecule has 1 aromatic carbocycles. The van der Waals surface area contributed by atoms with Crippen LogP contribution < -0.4 is 10.9 Å². The van der Waals surface area contributed by atoms with Gasteiger partial charge in [-0.3, -0.25) is 25.2 Å². The van der Waals surface area contributed by atoms with Crippen LogP contribution in [0, 0.1) is 0 Å². The Balaban J connectivity index is 1.45. The van der Waals surface area contributed by atoms with Gasteiger partial charge in [0.2, 0.25) is 11.8 Å². The van der Waals surface area contributed by atoms with Gasteiger partial charge in [0.1, 0.15) is 5.69 Å². The van der Waals surface area contributed by atoms with E-state index in [9.17, 15) is 14.4 Å². The van der Waals surface area contributed by atoms with E-state index in [4.69, 9.17) is 16.3 Å². The second kappa shape index (κ2) is 8.20. The van der Waals surface area contributed by atoms with Crippen molar-refractivity contribution >= 4 is 40.2 Å². The van der Waals surface area contributed by atoms with Gasteiger partial charge in [0.25, 0.3) is 5.91 Å². The molecule has 0 aliphatic carbocycles. The first-order valence-corrected chi connectivity index (χ1v) is 8.64. The van der Waals surface area contributed by atoms with Gasteiger partial charge in [-0.05, 0) is 24.3 Å². The number of morpholine rings is 1. The smallest absolute Gasteiger partial charge is 0.286 e. The lowest BCUT2D eigenvalue weighted by atomic mass is 10.2. The van der Waals surface area contributed by atoms with Crippen molar-refractivity contribution in [1.82, 2.24) is 20.7 Å². The minimum Gasteiger partial charge on any atom is -0.378 e. The van der Waals surface area contributed by atoms with E-state index in [2.05, 4.69) is 15.8 Å². The van der Waals surface area contributed by atoms with Gasteiger partial charge >= 0.3 is 0 Å². The molecule has 1 aliphatic rings. The van der Waals surface area contributed by atoms with Crippen LogP contribution in [0.25, 0.3) is 10.9 Å². The molecule has 26 heavy (non-hydrogen) atoms. The number of fused-ring (bicyclic) bond motifs is 1. The number of benzene rings is 1. The zero-order valence-electron chi connectivity index (χ0n) is 14.0. The fourth-order valence-electron chi connectivity index (χ4n) is 2.67. The number of rotatable bonds is 4. The Kier molecular flexibility index (Phi) is 5.75. The van der Waals surface area contributed by atoms with Gasteiger partial charge in [0.15, 0.2) is 0 Å². The predicted molar refractivity (Wildman–Crippen MR) is 95.6 cm³/mol. The number of hydrogen-bond acceptors (Lipinski definition) is 4. The monoisotopic (exact) mass is 378 g/mol. The Morgan fingerprint density at radius 1 is 1.12 bits per heavy atom. The summed E-state index contributed by atoms with van der Waals surface area (Å²) in [5.41, 5.74) is 5.71. The van der Waals surface area contributed by atoms with Crippen molar-refractivity contribution in [3.05, 3.63) is 35.0 Å². The number of aromatic amines is 1. The number of H-pyrrole nitrogens is 1. The Morgan fingerprint density at radius 2 is 1.88 bits per heavy atom. The molecule has 0 radical (unpaired) electrons. The number of nitrogens with one attached hydrogen (secondary N) is 3. The third kappa shape index (κ3) is 4.53. The van der Waals surface area contributed by atoms with Crippen LogP contribution in [0.15, 0.2) is 24.3 Å². The summed E-state index contributed by atoms with van der Waals surface area (Å²) in [4.78, 5) is 40.5. The summed E-state index contributed by atoms with van der Waals surface area (Å²) in [7, 11) is 0. The predicted octanol–water partition coefficient (Wildman–Crippen LogP) is 1.22. The Morgan fingerprint density at radius 3 is 2.65 bits per heavy atom. The second-order valence-corrected chi connectivity index (χ2v) is 6.35. The molecule has 1 aliphatic heterocycles. The highest BCUT2D eigenvalue weighted by Gasteiger charge is 2.18. The number of nitrogens with zero attached hydrogens (tertiary/aromatic N) is 1. The lowest BCUT2D eigenvalue weighted by molar-refractivity contribution is -0.137. The van der Waals surface area contributed by atoms with Gasteiger partial charge in [-0.15, -0.1) is 0 Å². The number of ether oxygens (including phenoxy) is 1. The average molecular weight is 379 g/mol. The second-order valence-electron chi connectivity index (χ2n) is 5.91. The molecule has 0 atom stereocenters. The largest absolute Gasteiger partial charge is 0.378 e. The van der Waals surface area contributed by atoms with Gasteiger partial charge in [-0.1, -0.05) is 11.6 Å². The van der Waals surface area contributed by atoms with Crippen molar-refractivity contribution in [2.75, 3.05) is 26.3 Å². The molecule has 0 bridgehead atoms. The van der Waals surface area contributed by atoms with Crippen LogP contribution in [0.4, 0.5) is 0 Å². The van der Waals surface area contributed by atoms with Crippen molar-refractivity contribution in [3.8, 4) is 0 Å². The molecule has 1 fully saturated rings. The zero-order chi connectivity index (χ0) is 18.5. The van der Waals surface area contributed by atoms with Gasteiger partial charge in [0.05, 0.1) is 13.2 Å². The minimum absolute atomic E-state index is 0.00121. The standard InChI is InChI=1S/C17H19ClN4O4/c18-12-1-2-13-11(9-12)10-14(19-13)17(25)21-20-15(23)3-4-16(24)22-5-7-26-8-6-22/h1-2,9-10,19H,3-8H2,(H,20,23)(H,21,25). The number of halogens is 1. The molecule has 8 nitrogen and oxygen atoms in total. The summed E-state index contributed by atoms with van der Waals surface area (Å²) in [5, 5.41) is 1.37. The van der Waals surface area contributed by atoms with E-state index in [-0.39, 0.29) is 18.7 Å². The molecule has 138 valence electrons. The molecule has 3 amide bonds. The van der Waals surface area contributed by atoms with Crippen LogP contribution in [0.3, 0.4) is 0 Å². The lowest BCUT2D eigenvalue weighted by Gasteiger charge is -2.26. The lowest BCUT2D eigenvalue weighted by Crippen LogP contribution is -2.43. The van der Waals surface area contributed by atoms with E-state index in [1.807, 2.05) is 0 Å². The fourth-order valence-corrected chi connectivity index (χ4v) is 2.85. The maximum absolute atomic E-state index is 12.1. The number of hydrazine groups is 1. The van der Waals surface area contributed by atoms with Crippen LogP contribution in [0.1, 0.15) is 23.3 Å². The molecule has 0 unspecified atom stereocenters. The topological polar surface area (TPSA) is 104 Å². The van der Waals surface area contributed by atoms with Gasteiger partial charge in [-0.25, -0.2) is 0 Å². The van der Waals surface area contributed by atoms with Gasteiger partial charge < -0.3 is 14.6 Å². The van der Waals surface area contributed by atoms with E-state index in [0.717, 1.165) is 10.9 Å². The molecular weight excluding hydrogens is 360 g/mol. The van der Waals surface area contributed by atoms with Gasteiger partial charge in [0, 0.05) is 41.9 Å². The highest BCUT2D eigenvalue weighted by atomic mass is 35.5. The van der Waals surface area contributed by atoms with Crippen molar-refractivity contribution in [1.29, 1.82) is 0 Å². The first-order valence-electron chi connectivity index (χ1n) is 8.26. The third-order valence-electron chi connectivity index (χ3n) is 4.07. The highest BCUT2D eigenvalue weighted by Crippen LogP contribution is 2.19. The van der Waals surface area contributed by atoms with Crippen LogP contribution in [-0.4, -0.2) is 53.9 Å². The number of aromatic nitrogens is 1. The fraction of sp³-hybridized carbons (Fsp3) is 0.353. The molecule has 9 heteroatoms. The summed E-state index contributed by atoms with van der Waals surface area (Å²) >= 11 is 5.92. The average Bonchev–Trinajstić information content (AvgIpc) is 3.08. The molecule has 0 saturated carbocycles. The van der Waals surface area contributed by atoms with Gasteiger partial charge in [-0.2, -0.15) is 0 Å². The molecular formula is C17H19ClN4O4.